The van der Waals surface area contributed by atoms with Gasteiger partial charge in [-0.05, 0) is 31.4 Å². The van der Waals surface area contributed by atoms with Crippen molar-refractivity contribution in [2.24, 2.45) is 0 Å². The molecule has 25 heavy (non-hydrogen) atoms. The molecule has 7 heteroatoms. The number of anilines is 1. The zero-order valence-electron chi connectivity index (χ0n) is 14.1. The van der Waals surface area contributed by atoms with Gasteiger partial charge in [0.05, 0.1) is 12.1 Å². The van der Waals surface area contributed by atoms with Crippen LogP contribution in [0.3, 0.4) is 0 Å². The molecule has 7 nitrogen and oxygen atoms in total. The molecule has 0 aliphatic rings. The molecule has 3 aromatic rings. The van der Waals surface area contributed by atoms with Crippen LogP contribution in [0.4, 0.5) is 5.88 Å². The monoisotopic (exact) mass is 341 g/mol. The lowest BCUT2D eigenvalue weighted by atomic mass is 10.2. The Morgan fingerprint density at radius 1 is 1.32 bits per heavy atom. The number of amides is 1. The van der Waals surface area contributed by atoms with Gasteiger partial charge in [0, 0.05) is 24.3 Å². The molecule has 0 saturated carbocycles. The minimum Gasteiger partial charge on any atom is -0.452 e. The second-order valence-corrected chi connectivity index (χ2v) is 5.77. The third kappa shape index (κ3) is 4.06. The normalized spacial score (nSPS) is 12.1. The number of aromatic nitrogens is 2. The highest BCUT2D eigenvalue weighted by molar-refractivity contribution is 5.94. The zero-order valence-corrected chi connectivity index (χ0v) is 14.1. The molecule has 0 fully saturated rings. The maximum atomic E-state index is 12.0. The lowest BCUT2D eigenvalue weighted by Crippen LogP contribution is -2.30. The molecule has 130 valence electrons. The number of aryl methyl sites for hydroxylation is 2. The summed E-state index contributed by atoms with van der Waals surface area (Å²) in [5, 5.41) is 7.30. The third-order valence-corrected chi connectivity index (χ3v) is 3.79. The Kier molecular flexibility index (Phi) is 4.83. The van der Waals surface area contributed by atoms with Crippen LogP contribution in [0.5, 0.6) is 0 Å². The molecule has 1 amide bonds. The number of nitrogens with one attached hydrogen (secondary N) is 1. The van der Waals surface area contributed by atoms with E-state index in [-0.39, 0.29) is 12.3 Å². The van der Waals surface area contributed by atoms with Crippen LogP contribution in [-0.4, -0.2) is 27.7 Å². The fraction of sp³-hybridized carbons (Fsp3) is 0.278. The first-order valence-corrected chi connectivity index (χ1v) is 8.00. The number of benzene rings is 1. The van der Waals surface area contributed by atoms with E-state index in [2.05, 4.69) is 10.5 Å². The Morgan fingerprint density at radius 2 is 2.12 bits per heavy atom. The number of rotatable bonds is 6. The van der Waals surface area contributed by atoms with Gasteiger partial charge >= 0.3 is 5.97 Å². The van der Waals surface area contributed by atoms with Crippen molar-refractivity contribution < 1.29 is 18.8 Å². The van der Waals surface area contributed by atoms with E-state index in [4.69, 9.17) is 9.26 Å². The fourth-order valence-electron chi connectivity index (χ4n) is 2.50. The van der Waals surface area contributed by atoms with Gasteiger partial charge in [-0.15, -0.1) is 0 Å². The van der Waals surface area contributed by atoms with Gasteiger partial charge in [-0.1, -0.05) is 23.4 Å². The Hall–Kier alpha value is -3.09. The molecule has 1 aromatic carbocycles. The second-order valence-electron chi connectivity index (χ2n) is 5.77. The summed E-state index contributed by atoms with van der Waals surface area (Å²) in [6, 6.07) is 11.5. The summed E-state index contributed by atoms with van der Waals surface area (Å²) in [5.74, 6) is -0.672. The molecule has 1 unspecified atom stereocenters. The molecule has 0 radical (unpaired) electrons. The molecule has 0 spiro atoms. The number of ether oxygens (including phenoxy) is 1. The summed E-state index contributed by atoms with van der Waals surface area (Å²) in [6.45, 7) is 3.75. The highest BCUT2D eigenvalue weighted by atomic mass is 16.5. The fourth-order valence-corrected chi connectivity index (χ4v) is 2.50. The summed E-state index contributed by atoms with van der Waals surface area (Å²) in [7, 11) is 0. The molecule has 2 aromatic heterocycles. The highest BCUT2D eigenvalue weighted by Gasteiger charge is 2.19. The predicted octanol–water partition coefficient (Wildman–Crippen LogP) is 2.90. The van der Waals surface area contributed by atoms with Crippen molar-refractivity contribution in [2.45, 2.75) is 32.9 Å². The van der Waals surface area contributed by atoms with Gasteiger partial charge in [0.15, 0.2) is 6.10 Å². The van der Waals surface area contributed by atoms with E-state index >= 15 is 0 Å². The van der Waals surface area contributed by atoms with Crippen molar-refractivity contribution in [2.75, 3.05) is 5.32 Å². The predicted molar refractivity (Wildman–Crippen MR) is 92.0 cm³/mol. The molecule has 0 saturated heterocycles. The lowest BCUT2D eigenvalue weighted by molar-refractivity contribution is -0.153. The Morgan fingerprint density at radius 3 is 2.88 bits per heavy atom. The molecule has 0 aliphatic carbocycles. The van der Waals surface area contributed by atoms with E-state index in [1.54, 1.807) is 13.0 Å². The molecule has 2 heterocycles. The SMILES string of the molecule is Cc1cc(NC(=O)C(C)OC(=O)CCn2ccc3ccccc32)on1. The molecular weight excluding hydrogens is 322 g/mol. The largest absolute Gasteiger partial charge is 0.452 e. The number of nitrogens with zero attached hydrogens (tertiary/aromatic N) is 2. The Balaban J connectivity index is 1.50. The van der Waals surface area contributed by atoms with Crippen LogP contribution in [0, 0.1) is 6.92 Å². The van der Waals surface area contributed by atoms with Crippen LogP contribution in [0.25, 0.3) is 10.9 Å². The number of esters is 1. The summed E-state index contributed by atoms with van der Waals surface area (Å²) in [4.78, 5) is 24.0. The first-order valence-electron chi connectivity index (χ1n) is 8.00. The van der Waals surface area contributed by atoms with Gasteiger partial charge in [-0.2, -0.15) is 0 Å². The van der Waals surface area contributed by atoms with Gasteiger partial charge in [0.1, 0.15) is 0 Å². The molecule has 0 aliphatic heterocycles. The van der Waals surface area contributed by atoms with Gasteiger partial charge in [0.25, 0.3) is 5.91 Å². The van der Waals surface area contributed by atoms with Gasteiger partial charge in [-0.25, -0.2) is 0 Å². The van der Waals surface area contributed by atoms with Crippen molar-refractivity contribution in [3.63, 3.8) is 0 Å². The maximum Gasteiger partial charge on any atom is 0.308 e. The van der Waals surface area contributed by atoms with E-state index in [0.717, 1.165) is 10.9 Å². The zero-order chi connectivity index (χ0) is 17.8. The van der Waals surface area contributed by atoms with Crippen LogP contribution in [0.2, 0.25) is 0 Å². The molecule has 1 atom stereocenters. The Bertz CT molecular complexity index is 897. The molecule has 0 bridgehead atoms. The minimum absolute atomic E-state index is 0.178. The van der Waals surface area contributed by atoms with E-state index in [0.29, 0.717) is 12.2 Å². The van der Waals surface area contributed by atoms with Crippen LogP contribution in [0.15, 0.2) is 47.1 Å². The van der Waals surface area contributed by atoms with Crippen molar-refractivity contribution in [1.29, 1.82) is 0 Å². The average molecular weight is 341 g/mol. The number of para-hydroxylation sites is 1. The summed E-state index contributed by atoms with van der Waals surface area (Å²) in [5.41, 5.74) is 1.71. The van der Waals surface area contributed by atoms with E-state index in [9.17, 15) is 9.59 Å². The average Bonchev–Trinajstić information content (AvgIpc) is 3.19. The molecule has 3 rings (SSSR count). The lowest BCUT2D eigenvalue weighted by Gasteiger charge is -2.12. The maximum absolute atomic E-state index is 12.0. The summed E-state index contributed by atoms with van der Waals surface area (Å²) < 4.78 is 12.1. The topological polar surface area (TPSA) is 86.4 Å². The van der Waals surface area contributed by atoms with Crippen molar-refractivity contribution in [3.8, 4) is 0 Å². The smallest absolute Gasteiger partial charge is 0.308 e. The Labute approximate surface area is 144 Å². The number of fused-ring (bicyclic) bond motifs is 1. The highest BCUT2D eigenvalue weighted by Crippen LogP contribution is 2.15. The molecule has 1 N–H and O–H groups in total. The van der Waals surface area contributed by atoms with E-state index in [1.165, 1.54) is 6.92 Å². The van der Waals surface area contributed by atoms with Crippen molar-refractivity contribution in [1.82, 2.24) is 9.72 Å². The number of hydrogen-bond donors (Lipinski definition) is 1. The third-order valence-electron chi connectivity index (χ3n) is 3.79. The first-order chi connectivity index (χ1) is 12.0. The van der Waals surface area contributed by atoms with Crippen molar-refractivity contribution in [3.05, 3.63) is 48.3 Å². The summed E-state index contributed by atoms with van der Waals surface area (Å²) in [6.07, 6.45) is 1.19. The van der Waals surface area contributed by atoms with E-state index < -0.39 is 18.0 Å². The van der Waals surface area contributed by atoms with E-state index in [1.807, 2.05) is 41.1 Å². The number of carbonyl (C=O) groups excluding carboxylic acids is 2. The van der Waals surface area contributed by atoms with Crippen LogP contribution in [-0.2, 0) is 20.9 Å². The number of hydrogen-bond acceptors (Lipinski definition) is 5. The van der Waals surface area contributed by atoms with Crippen LogP contribution < -0.4 is 5.32 Å². The summed E-state index contributed by atoms with van der Waals surface area (Å²) >= 11 is 0. The van der Waals surface area contributed by atoms with Gasteiger partial charge in [-0.3, -0.25) is 14.9 Å². The quantitative estimate of drug-likeness (QED) is 0.697. The van der Waals surface area contributed by atoms with Crippen molar-refractivity contribution >= 4 is 28.7 Å². The van der Waals surface area contributed by atoms with Gasteiger partial charge < -0.3 is 13.8 Å². The van der Waals surface area contributed by atoms with Crippen LogP contribution in [0.1, 0.15) is 19.0 Å². The molecular formula is C18H19N3O4. The number of carbonyl (C=O) groups is 2. The standard InChI is InChI=1S/C18H19N3O4/c1-12-11-16(25-20-12)19-18(23)13(2)24-17(22)8-10-21-9-7-14-5-3-4-6-15(14)21/h3-7,9,11,13H,8,10H2,1-2H3,(H,19,23). The van der Waals surface area contributed by atoms with Crippen LogP contribution >= 0.6 is 0 Å². The first kappa shape index (κ1) is 16.8. The van der Waals surface area contributed by atoms with Gasteiger partial charge in [0.2, 0.25) is 5.88 Å². The minimum atomic E-state index is -0.917. The second kappa shape index (κ2) is 7.21.